The second kappa shape index (κ2) is 6.88. The van der Waals surface area contributed by atoms with Gasteiger partial charge in [0.2, 0.25) is 0 Å². The van der Waals surface area contributed by atoms with Crippen molar-refractivity contribution in [1.82, 2.24) is 0 Å². The molecule has 0 atom stereocenters. The number of nitrogens with zero attached hydrogens (tertiary/aromatic N) is 1. The van der Waals surface area contributed by atoms with Crippen molar-refractivity contribution in [3.05, 3.63) is 29.8 Å². The molecule has 3 nitrogen and oxygen atoms in total. The van der Waals surface area contributed by atoms with E-state index in [1.807, 2.05) is 18.2 Å². The van der Waals surface area contributed by atoms with Gasteiger partial charge in [-0.3, -0.25) is 4.99 Å². The molecule has 0 heterocycles. The van der Waals surface area contributed by atoms with Crippen LogP contribution >= 0.6 is 0 Å². The first kappa shape index (κ1) is 12.6. The van der Waals surface area contributed by atoms with Crippen LogP contribution in [0.5, 0.6) is 5.75 Å². The molecule has 0 fully saturated rings. The first-order valence-electron chi connectivity index (χ1n) is 5.68. The van der Waals surface area contributed by atoms with Crippen molar-refractivity contribution in [1.29, 1.82) is 0 Å². The molecular weight excluding hydrogens is 200 g/mol. The number of hydrogen-bond acceptors (Lipinski definition) is 2. The third kappa shape index (κ3) is 4.34. The smallest absolute Gasteiger partial charge is 0.119 e. The van der Waals surface area contributed by atoms with Gasteiger partial charge >= 0.3 is 0 Å². The summed E-state index contributed by atoms with van der Waals surface area (Å²) in [6.07, 6.45) is 2.84. The third-order valence-electron chi connectivity index (χ3n) is 2.36. The van der Waals surface area contributed by atoms with Crippen molar-refractivity contribution in [2.24, 2.45) is 10.7 Å². The number of hydrogen-bond donors (Lipinski definition) is 1. The Hall–Kier alpha value is -1.51. The Balaban J connectivity index is 2.45. The second-order valence-electron chi connectivity index (χ2n) is 3.72. The molecule has 0 radical (unpaired) electrons. The highest BCUT2D eigenvalue weighted by Gasteiger charge is 1.95. The summed E-state index contributed by atoms with van der Waals surface area (Å²) in [4.78, 5) is 4.32. The molecule has 0 aliphatic rings. The Morgan fingerprint density at radius 3 is 2.94 bits per heavy atom. The predicted octanol–water partition coefficient (Wildman–Crippen LogP) is 2.40. The van der Waals surface area contributed by atoms with E-state index in [2.05, 4.69) is 18.0 Å². The predicted molar refractivity (Wildman–Crippen MR) is 68.1 cm³/mol. The number of amidine groups is 1. The van der Waals surface area contributed by atoms with Crippen molar-refractivity contribution in [3.63, 3.8) is 0 Å². The van der Waals surface area contributed by atoms with Gasteiger partial charge in [-0.25, -0.2) is 0 Å². The van der Waals surface area contributed by atoms with E-state index in [0.717, 1.165) is 37.4 Å². The molecule has 1 rings (SSSR count). The van der Waals surface area contributed by atoms with Gasteiger partial charge in [0.05, 0.1) is 12.9 Å². The lowest BCUT2D eigenvalue weighted by atomic mass is 10.1. The average molecular weight is 220 g/mol. The monoisotopic (exact) mass is 220 g/mol. The largest absolute Gasteiger partial charge is 0.497 e. The highest BCUT2D eigenvalue weighted by Crippen LogP contribution is 2.12. The van der Waals surface area contributed by atoms with Crippen LogP contribution < -0.4 is 10.5 Å². The molecule has 1 aromatic carbocycles. The summed E-state index contributed by atoms with van der Waals surface area (Å²) < 4.78 is 5.16. The maximum absolute atomic E-state index is 5.73. The average Bonchev–Trinajstić information content (AvgIpc) is 2.30. The third-order valence-corrected chi connectivity index (χ3v) is 2.36. The zero-order valence-electron chi connectivity index (χ0n) is 10.1. The van der Waals surface area contributed by atoms with Crippen LogP contribution in [-0.4, -0.2) is 19.5 Å². The zero-order valence-corrected chi connectivity index (χ0v) is 10.1. The van der Waals surface area contributed by atoms with Gasteiger partial charge in [-0.05, 0) is 30.5 Å². The molecule has 0 saturated carbocycles. The van der Waals surface area contributed by atoms with Crippen molar-refractivity contribution >= 4 is 5.84 Å². The Morgan fingerprint density at radius 1 is 1.44 bits per heavy atom. The summed E-state index contributed by atoms with van der Waals surface area (Å²) in [5, 5.41) is 0. The molecule has 1 aromatic rings. The van der Waals surface area contributed by atoms with E-state index in [1.54, 1.807) is 7.11 Å². The summed E-state index contributed by atoms with van der Waals surface area (Å²) in [6, 6.07) is 8.05. The lowest BCUT2D eigenvalue weighted by Gasteiger charge is -2.03. The molecule has 0 spiro atoms. The van der Waals surface area contributed by atoms with Crippen molar-refractivity contribution < 1.29 is 4.74 Å². The molecule has 0 aliphatic carbocycles. The number of aliphatic imine (C=N–C) groups is 1. The van der Waals surface area contributed by atoms with Gasteiger partial charge in [0.15, 0.2) is 0 Å². The summed E-state index contributed by atoms with van der Waals surface area (Å²) in [7, 11) is 1.68. The van der Waals surface area contributed by atoms with Crippen LogP contribution in [0.3, 0.4) is 0 Å². The van der Waals surface area contributed by atoms with Crippen LogP contribution in [0, 0.1) is 0 Å². The Labute approximate surface area is 97.3 Å². The topological polar surface area (TPSA) is 47.6 Å². The van der Waals surface area contributed by atoms with Crippen LogP contribution in [0.1, 0.15) is 25.3 Å². The first-order valence-corrected chi connectivity index (χ1v) is 5.68. The highest BCUT2D eigenvalue weighted by molar-refractivity contribution is 5.80. The van der Waals surface area contributed by atoms with Gasteiger partial charge in [0, 0.05) is 13.0 Å². The zero-order chi connectivity index (χ0) is 11.8. The van der Waals surface area contributed by atoms with Crippen LogP contribution in [-0.2, 0) is 6.42 Å². The normalized spacial score (nSPS) is 11.5. The molecule has 0 amide bonds. The maximum atomic E-state index is 5.73. The van der Waals surface area contributed by atoms with Crippen LogP contribution in [0.2, 0.25) is 0 Å². The van der Waals surface area contributed by atoms with E-state index < -0.39 is 0 Å². The lowest BCUT2D eigenvalue weighted by molar-refractivity contribution is 0.414. The number of ether oxygens (including phenoxy) is 1. The molecule has 2 N–H and O–H groups in total. The van der Waals surface area contributed by atoms with Gasteiger partial charge in [-0.15, -0.1) is 0 Å². The van der Waals surface area contributed by atoms with Crippen LogP contribution in [0.25, 0.3) is 0 Å². The van der Waals surface area contributed by atoms with E-state index in [1.165, 1.54) is 5.56 Å². The van der Waals surface area contributed by atoms with E-state index >= 15 is 0 Å². The van der Waals surface area contributed by atoms with Gasteiger partial charge in [-0.1, -0.05) is 19.1 Å². The van der Waals surface area contributed by atoms with Gasteiger partial charge in [0.25, 0.3) is 0 Å². The number of rotatable bonds is 6. The van der Waals surface area contributed by atoms with Crippen molar-refractivity contribution in [3.8, 4) is 5.75 Å². The minimum atomic E-state index is 0.749. The number of methoxy groups -OCH3 is 1. The Bertz CT molecular complexity index is 348. The second-order valence-corrected chi connectivity index (χ2v) is 3.72. The Morgan fingerprint density at radius 2 is 2.25 bits per heavy atom. The van der Waals surface area contributed by atoms with E-state index in [-0.39, 0.29) is 0 Å². The van der Waals surface area contributed by atoms with E-state index in [9.17, 15) is 0 Å². The molecule has 16 heavy (non-hydrogen) atoms. The SMILES string of the molecule is CCCC(N)=NCCc1cccc(OC)c1. The van der Waals surface area contributed by atoms with Gasteiger partial charge < -0.3 is 10.5 Å². The summed E-state index contributed by atoms with van der Waals surface area (Å²) in [5.74, 6) is 1.65. The fraction of sp³-hybridized carbons (Fsp3) is 0.462. The van der Waals surface area contributed by atoms with E-state index in [4.69, 9.17) is 10.5 Å². The summed E-state index contributed by atoms with van der Waals surface area (Å²) >= 11 is 0. The molecule has 0 aromatic heterocycles. The van der Waals surface area contributed by atoms with Crippen molar-refractivity contribution in [2.75, 3.05) is 13.7 Å². The first-order chi connectivity index (χ1) is 7.76. The fourth-order valence-corrected chi connectivity index (χ4v) is 1.49. The molecule has 0 bridgehead atoms. The number of benzene rings is 1. The van der Waals surface area contributed by atoms with Gasteiger partial charge in [0.1, 0.15) is 5.75 Å². The molecular formula is C13H20N2O. The molecule has 0 saturated heterocycles. The standard InChI is InChI=1S/C13H20N2O/c1-3-5-13(14)15-9-8-11-6-4-7-12(10-11)16-2/h4,6-7,10H,3,5,8-9H2,1-2H3,(H2,14,15). The van der Waals surface area contributed by atoms with E-state index in [0.29, 0.717) is 0 Å². The van der Waals surface area contributed by atoms with Gasteiger partial charge in [-0.2, -0.15) is 0 Å². The quantitative estimate of drug-likeness (QED) is 0.591. The minimum absolute atomic E-state index is 0.749. The fourth-order valence-electron chi connectivity index (χ4n) is 1.49. The highest BCUT2D eigenvalue weighted by atomic mass is 16.5. The molecule has 3 heteroatoms. The van der Waals surface area contributed by atoms with Crippen LogP contribution in [0.15, 0.2) is 29.3 Å². The lowest BCUT2D eigenvalue weighted by Crippen LogP contribution is -2.11. The Kier molecular flexibility index (Phi) is 5.40. The number of nitrogens with two attached hydrogens (primary N) is 1. The summed E-state index contributed by atoms with van der Waals surface area (Å²) in [5.41, 5.74) is 6.96. The van der Waals surface area contributed by atoms with Crippen LogP contribution in [0.4, 0.5) is 0 Å². The minimum Gasteiger partial charge on any atom is -0.497 e. The van der Waals surface area contributed by atoms with Crippen molar-refractivity contribution in [2.45, 2.75) is 26.2 Å². The molecule has 0 unspecified atom stereocenters. The summed E-state index contributed by atoms with van der Waals surface area (Å²) in [6.45, 7) is 2.85. The molecule has 88 valence electrons. The molecule has 0 aliphatic heterocycles. The maximum Gasteiger partial charge on any atom is 0.119 e.